The van der Waals surface area contributed by atoms with Gasteiger partial charge in [0.1, 0.15) is 11.5 Å². The molecule has 1 saturated heterocycles. The van der Waals surface area contributed by atoms with E-state index in [2.05, 4.69) is 45.1 Å². The second-order valence-corrected chi connectivity index (χ2v) is 10.7. The van der Waals surface area contributed by atoms with Gasteiger partial charge in [-0.1, -0.05) is 18.2 Å². The molecule has 1 fully saturated rings. The predicted octanol–water partition coefficient (Wildman–Crippen LogP) is 5.31. The predicted molar refractivity (Wildman–Crippen MR) is 142 cm³/mol. The van der Waals surface area contributed by atoms with E-state index in [1.807, 2.05) is 19.1 Å². The highest BCUT2D eigenvalue weighted by Crippen LogP contribution is 2.34. The summed E-state index contributed by atoms with van der Waals surface area (Å²) in [5.41, 5.74) is 2.25. The second kappa shape index (κ2) is 12.2. The van der Waals surface area contributed by atoms with Gasteiger partial charge in [-0.3, -0.25) is 0 Å². The summed E-state index contributed by atoms with van der Waals surface area (Å²) in [4.78, 5) is 9.72. The maximum absolute atomic E-state index is 6.20. The average molecular weight is 496 g/mol. The first-order chi connectivity index (χ1) is 17.2. The van der Waals surface area contributed by atoms with Crippen LogP contribution in [-0.2, 0) is 4.74 Å². The molecule has 1 atom stereocenters. The van der Waals surface area contributed by atoms with Crippen molar-refractivity contribution in [2.45, 2.75) is 38.7 Å². The lowest BCUT2D eigenvalue weighted by Crippen LogP contribution is -2.46. The number of nitrogens with zero attached hydrogens (tertiary/aromatic N) is 3. The largest absolute Gasteiger partial charge is 0.493 e. The van der Waals surface area contributed by atoms with E-state index < -0.39 is 0 Å². The molecule has 2 aliphatic rings. The first-order valence-electron chi connectivity index (χ1n) is 13.0. The molecular formula is C28H37N3O3S. The fourth-order valence-electron chi connectivity index (χ4n) is 4.97. The Bertz CT molecular complexity index is 1080. The van der Waals surface area contributed by atoms with E-state index >= 15 is 0 Å². The molecule has 0 spiro atoms. The number of aryl methyl sites for hydroxylation is 1. The minimum Gasteiger partial charge on any atom is -0.493 e. The summed E-state index contributed by atoms with van der Waals surface area (Å²) < 4.78 is 19.1. The van der Waals surface area contributed by atoms with Gasteiger partial charge in [-0.05, 0) is 50.9 Å². The summed E-state index contributed by atoms with van der Waals surface area (Å²) in [5.74, 6) is 1.91. The molecule has 0 amide bonds. The Morgan fingerprint density at radius 3 is 2.63 bits per heavy atom. The molecule has 188 valence electrons. The Hall–Kier alpha value is -2.19. The Balaban J connectivity index is 0.916. The van der Waals surface area contributed by atoms with Crippen LogP contribution in [-0.4, -0.2) is 73.9 Å². The minimum absolute atomic E-state index is 0.187. The Kier molecular flexibility index (Phi) is 8.52. The highest BCUT2D eigenvalue weighted by atomic mass is 32.1. The van der Waals surface area contributed by atoms with Gasteiger partial charge in [-0.15, -0.1) is 11.3 Å². The van der Waals surface area contributed by atoms with Crippen LogP contribution in [0.3, 0.4) is 0 Å². The van der Waals surface area contributed by atoms with Crippen LogP contribution in [0.5, 0.6) is 11.5 Å². The zero-order chi connectivity index (χ0) is 23.9. The first kappa shape index (κ1) is 24.5. The van der Waals surface area contributed by atoms with Crippen LogP contribution in [0.4, 0.5) is 0 Å². The van der Waals surface area contributed by atoms with Crippen LogP contribution >= 0.6 is 11.3 Å². The van der Waals surface area contributed by atoms with Crippen LogP contribution in [0.2, 0.25) is 0 Å². The molecule has 3 heterocycles. The molecule has 0 bridgehead atoms. The van der Waals surface area contributed by atoms with Crippen molar-refractivity contribution < 1.29 is 14.2 Å². The van der Waals surface area contributed by atoms with Crippen molar-refractivity contribution in [1.29, 1.82) is 0 Å². The molecular weight excluding hydrogens is 458 g/mol. The number of hydrogen-bond donors (Lipinski definition) is 0. The molecule has 0 radical (unpaired) electrons. The van der Waals surface area contributed by atoms with Gasteiger partial charge in [0.25, 0.3) is 0 Å². The number of fused-ring (bicyclic) bond motifs is 2. The summed E-state index contributed by atoms with van der Waals surface area (Å²) in [6.45, 7) is 11.3. The Morgan fingerprint density at radius 1 is 0.971 bits per heavy atom. The highest BCUT2D eigenvalue weighted by molar-refractivity contribution is 7.18. The number of ether oxygens (including phenoxy) is 3. The number of thiazole rings is 1. The minimum atomic E-state index is 0.187. The zero-order valence-electron chi connectivity index (χ0n) is 20.8. The highest BCUT2D eigenvalue weighted by Gasteiger charge is 2.21. The van der Waals surface area contributed by atoms with Gasteiger partial charge in [0.15, 0.2) is 0 Å². The number of benzene rings is 2. The first-order valence-corrected chi connectivity index (χ1v) is 13.8. The normalized spacial score (nSPS) is 18.9. The van der Waals surface area contributed by atoms with Crippen LogP contribution in [0.15, 0.2) is 42.5 Å². The maximum Gasteiger partial charge on any atom is 0.125 e. The molecule has 2 aliphatic heterocycles. The maximum atomic E-state index is 6.20. The number of piperazine rings is 1. The molecule has 35 heavy (non-hydrogen) atoms. The average Bonchev–Trinajstić information content (AvgIpc) is 3.26. The number of rotatable bonds is 11. The van der Waals surface area contributed by atoms with Crippen molar-refractivity contribution in [1.82, 2.24) is 14.8 Å². The van der Waals surface area contributed by atoms with E-state index in [4.69, 9.17) is 14.2 Å². The topological polar surface area (TPSA) is 47.1 Å². The van der Waals surface area contributed by atoms with Gasteiger partial charge in [-0.2, -0.15) is 0 Å². The lowest BCUT2D eigenvalue weighted by atomic mass is 10.0. The standard InChI is InChI=1S/C28H37N3O3S/c1-22-29-25-21-23(9-10-28(25)35-22)32-19-6-13-31-16-14-30(15-17-31)12-4-5-18-33-27-11-20-34-26-8-3-2-7-24(26)27/h2-3,7-10,21,27H,4-6,11-20H2,1H3. The molecule has 6 nitrogen and oxygen atoms in total. The number of aromatic nitrogens is 1. The van der Waals surface area contributed by atoms with E-state index in [1.165, 1.54) is 23.2 Å². The molecule has 0 N–H and O–H groups in total. The van der Waals surface area contributed by atoms with Crippen molar-refractivity contribution >= 4 is 21.6 Å². The third kappa shape index (κ3) is 6.73. The van der Waals surface area contributed by atoms with Crippen LogP contribution in [0, 0.1) is 6.92 Å². The van der Waals surface area contributed by atoms with Crippen LogP contribution < -0.4 is 9.47 Å². The van der Waals surface area contributed by atoms with E-state index in [1.54, 1.807) is 11.3 Å². The lowest BCUT2D eigenvalue weighted by molar-refractivity contribution is 0.0206. The number of hydrogen-bond acceptors (Lipinski definition) is 7. The molecule has 5 rings (SSSR count). The van der Waals surface area contributed by atoms with Gasteiger partial charge in [0.05, 0.1) is 34.5 Å². The van der Waals surface area contributed by atoms with Crippen LogP contribution in [0.25, 0.3) is 10.2 Å². The zero-order valence-corrected chi connectivity index (χ0v) is 21.6. The molecule has 3 aromatic rings. The third-order valence-electron chi connectivity index (χ3n) is 6.91. The summed E-state index contributed by atoms with van der Waals surface area (Å²) >= 11 is 1.73. The lowest BCUT2D eigenvalue weighted by Gasteiger charge is -2.34. The van der Waals surface area contributed by atoms with E-state index in [9.17, 15) is 0 Å². The van der Waals surface area contributed by atoms with Gasteiger partial charge in [0.2, 0.25) is 0 Å². The van der Waals surface area contributed by atoms with Gasteiger partial charge in [-0.25, -0.2) is 4.98 Å². The van der Waals surface area contributed by atoms with Crippen molar-refractivity contribution in [3.63, 3.8) is 0 Å². The quantitative estimate of drug-likeness (QED) is 0.336. The fourth-order valence-corrected chi connectivity index (χ4v) is 5.78. The molecule has 0 aliphatic carbocycles. The molecule has 0 saturated carbocycles. The summed E-state index contributed by atoms with van der Waals surface area (Å²) in [6.07, 6.45) is 4.50. The Labute approximate surface area is 212 Å². The van der Waals surface area contributed by atoms with E-state index in [-0.39, 0.29) is 6.10 Å². The fraction of sp³-hybridized carbons (Fsp3) is 0.536. The second-order valence-electron chi connectivity index (χ2n) is 9.49. The molecule has 7 heteroatoms. The van der Waals surface area contributed by atoms with Crippen molar-refractivity contribution in [2.24, 2.45) is 0 Å². The van der Waals surface area contributed by atoms with Gasteiger partial charge >= 0.3 is 0 Å². The number of unbranched alkanes of at least 4 members (excludes halogenated alkanes) is 1. The Morgan fingerprint density at radius 2 is 1.77 bits per heavy atom. The SMILES string of the molecule is Cc1nc2cc(OCCCN3CCN(CCCCOC4CCOc5ccccc54)CC3)ccc2s1. The van der Waals surface area contributed by atoms with Crippen LogP contribution in [0.1, 0.15) is 42.4 Å². The van der Waals surface area contributed by atoms with Gasteiger partial charge in [0, 0.05) is 57.4 Å². The molecule has 1 aromatic heterocycles. The smallest absolute Gasteiger partial charge is 0.125 e. The van der Waals surface area contributed by atoms with Crippen molar-refractivity contribution in [3.8, 4) is 11.5 Å². The van der Waals surface area contributed by atoms with Crippen molar-refractivity contribution in [2.75, 3.05) is 59.1 Å². The third-order valence-corrected chi connectivity index (χ3v) is 7.86. The number of para-hydroxylation sites is 1. The molecule has 2 aromatic carbocycles. The van der Waals surface area contributed by atoms with Gasteiger partial charge < -0.3 is 24.0 Å². The summed E-state index contributed by atoms with van der Waals surface area (Å²) in [5, 5.41) is 1.10. The van der Waals surface area contributed by atoms with E-state index in [0.29, 0.717) is 0 Å². The van der Waals surface area contributed by atoms with Crippen molar-refractivity contribution in [3.05, 3.63) is 53.0 Å². The summed E-state index contributed by atoms with van der Waals surface area (Å²) in [6, 6.07) is 14.5. The molecule has 1 unspecified atom stereocenters. The monoisotopic (exact) mass is 495 g/mol. The summed E-state index contributed by atoms with van der Waals surface area (Å²) in [7, 11) is 0. The van der Waals surface area contributed by atoms with E-state index in [0.717, 1.165) is 93.8 Å².